The van der Waals surface area contributed by atoms with Gasteiger partial charge in [0.2, 0.25) is 0 Å². The van der Waals surface area contributed by atoms with Gasteiger partial charge in [-0.2, -0.15) is 0 Å². The van der Waals surface area contributed by atoms with Crippen LogP contribution in [0.15, 0.2) is 82.0 Å². The maximum atomic E-state index is 14.4. The number of carbonyl (C=O) groups excluding carboxylic acids is 1. The van der Waals surface area contributed by atoms with Gasteiger partial charge in [0.1, 0.15) is 11.5 Å². The average molecular weight is 473 g/mol. The molecule has 0 aliphatic rings. The van der Waals surface area contributed by atoms with Crippen molar-refractivity contribution >= 4 is 33.6 Å². The molecule has 0 aliphatic heterocycles. The van der Waals surface area contributed by atoms with Crippen molar-refractivity contribution in [3.05, 3.63) is 100 Å². The maximum Gasteiger partial charge on any atom is 0.419 e. The highest BCUT2D eigenvalue weighted by atomic mass is 19.1. The van der Waals surface area contributed by atoms with Gasteiger partial charge >= 0.3 is 5.76 Å². The number of nitrogens with one attached hydrogen (secondary N) is 1. The predicted octanol–water partition coefficient (Wildman–Crippen LogP) is 4.55. The van der Waals surface area contributed by atoms with Crippen LogP contribution in [0.3, 0.4) is 0 Å². The summed E-state index contributed by atoms with van der Waals surface area (Å²) in [5.41, 5.74) is 3.34. The van der Waals surface area contributed by atoms with Gasteiger partial charge in [-0.3, -0.25) is 9.36 Å². The smallest absolute Gasteiger partial charge is 0.408 e. The van der Waals surface area contributed by atoms with Gasteiger partial charge in [0, 0.05) is 35.2 Å². The Hall–Kier alpha value is -4.17. The number of fused-ring (bicyclic) bond motifs is 2. The molecule has 5 aromatic rings. The molecule has 2 aromatic heterocycles. The van der Waals surface area contributed by atoms with E-state index in [4.69, 9.17) is 4.42 Å². The second-order valence-corrected chi connectivity index (χ2v) is 8.73. The summed E-state index contributed by atoms with van der Waals surface area (Å²) in [6.45, 7) is 1.35. The number of carbonyl (C=O) groups is 1. The molecule has 0 spiro atoms. The highest BCUT2D eigenvalue weighted by molar-refractivity contribution is 6.07. The fourth-order valence-electron chi connectivity index (χ4n) is 4.21. The van der Waals surface area contributed by atoms with Crippen molar-refractivity contribution < 1.29 is 13.6 Å². The summed E-state index contributed by atoms with van der Waals surface area (Å²) in [4.78, 5) is 27.7. The second-order valence-electron chi connectivity index (χ2n) is 8.73. The normalized spacial score (nSPS) is 11.5. The van der Waals surface area contributed by atoms with Crippen molar-refractivity contribution in [1.82, 2.24) is 14.0 Å². The average Bonchev–Trinajstić information content (AvgIpc) is 3.36. The van der Waals surface area contributed by atoms with Crippen LogP contribution in [-0.4, -0.2) is 40.6 Å². The van der Waals surface area contributed by atoms with Crippen molar-refractivity contribution in [2.75, 3.05) is 26.0 Å². The largest absolute Gasteiger partial charge is 0.419 e. The highest BCUT2D eigenvalue weighted by Gasteiger charge is 2.18. The minimum Gasteiger partial charge on any atom is -0.408 e. The Bertz CT molecular complexity index is 1600. The van der Waals surface area contributed by atoms with Gasteiger partial charge in [-0.1, -0.05) is 36.4 Å². The van der Waals surface area contributed by atoms with Crippen LogP contribution in [0.5, 0.6) is 0 Å². The van der Waals surface area contributed by atoms with E-state index in [2.05, 4.69) is 5.32 Å². The van der Waals surface area contributed by atoms with Crippen LogP contribution in [0, 0.1) is 5.82 Å². The Morgan fingerprint density at radius 1 is 0.971 bits per heavy atom. The van der Waals surface area contributed by atoms with E-state index >= 15 is 0 Å². The zero-order chi connectivity index (χ0) is 24.5. The minimum absolute atomic E-state index is 0.216. The Balaban J connectivity index is 1.50. The number of anilines is 1. The van der Waals surface area contributed by atoms with E-state index in [0.717, 1.165) is 10.9 Å². The number of aromatic nitrogens is 2. The van der Waals surface area contributed by atoms with Gasteiger partial charge in [0.25, 0.3) is 5.91 Å². The summed E-state index contributed by atoms with van der Waals surface area (Å²) in [6, 6.07) is 21.1. The Morgan fingerprint density at radius 2 is 1.74 bits per heavy atom. The van der Waals surface area contributed by atoms with E-state index in [1.807, 2.05) is 47.8 Å². The molecule has 0 bridgehead atoms. The third-order valence-corrected chi connectivity index (χ3v) is 6.03. The van der Waals surface area contributed by atoms with Gasteiger partial charge in [0.15, 0.2) is 5.58 Å². The number of hydrogen-bond acceptors (Lipinski definition) is 4. The van der Waals surface area contributed by atoms with Crippen molar-refractivity contribution in [2.45, 2.75) is 13.1 Å². The molecule has 0 saturated heterocycles. The first-order chi connectivity index (χ1) is 16.9. The van der Waals surface area contributed by atoms with Crippen LogP contribution in [-0.2, 0) is 13.1 Å². The van der Waals surface area contributed by atoms with Gasteiger partial charge in [-0.25, -0.2) is 9.18 Å². The van der Waals surface area contributed by atoms with Crippen LogP contribution < -0.4 is 11.1 Å². The van der Waals surface area contributed by atoms with E-state index in [1.165, 1.54) is 6.07 Å². The van der Waals surface area contributed by atoms with Gasteiger partial charge in [-0.05, 0) is 50.5 Å². The fourth-order valence-corrected chi connectivity index (χ4v) is 4.21. The molecular weight excluding hydrogens is 447 g/mol. The lowest BCUT2D eigenvalue weighted by atomic mass is 10.2. The third kappa shape index (κ3) is 4.48. The summed E-state index contributed by atoms with van der Waals surface area (Å²) >= 11 is 0. The maximum absolute atomic E-state index is 14.4. The second kappa shape index (κ2) is 9.23. The molecule has 178 valence electrons. The molecule has 0 unspecified atom stereocenters. The summed E-state index contributed by atoms with van der Waals surface area (Å²) in [5.74, 6) is -1.09. The Morgan fingerprint density at radius 3 is 2.54 bits per heavy atom. The lowest BCUT2D eigenvalue weighted by molar-refractivity contribution is 0.101. The number of amides is 1. The molecule has 1 N–H and O–H groups in total. The van der Waals surface area contributed by atoms with E-state index in [0.29, 0.717) is 41.1 Å². The number of benzene rings is 3. The number of oxazole rings is 1. The molecule has 1 amide bonds. The summed E-state index contributed by atoms with van der Waals surface area (Å²) in [5, 5.41) is 3.82. The minimum atomic E-state index is -0.435. The van der Waals surface area contributed by atoms with Crippen LogP contribution in [0.2, 0.25) is 0 Å². The highest BCUT2D eigenvalue weighted by Crippen LogP contribution is 2.24. The number of halogens is 1. The Labute approximate surface area is 201 Å². The van der Waals surface area contributed by atoms with Gasteiger partial charge in [0.05, 0.1) is 12.1 Å². The first-order valence-corrected chi connectivity index (χ1v) is 11.3. The third-order valence-electron chi connectivity index (χ3n) is 6.03. The van der Waals surface area contributed by atoms with Crippen LogP contribution in [0.1, 0.15) is 16.1 Å². The van der Waals surface area contributed by atoms with Crippen molar-refractivity contribution in [2.24, 2.45) is 0 Å². The van der Waals surface area contributed by atoms with Crippen LogP contribution in [0.4, 0.5) is 10.1 Å². The van der Waals surface area contributed by atoms with E-state index in [-0.39, 0.29) is 18.3 Å². The summed E-state index contributed by atoms with van der Waals surface area (Å²) in [7, 11) is 3.86. The first kappa shape index (κ1) is 22.6. The standard InChI is InChI=1S/C27H25FN4O3/c1-30(2)13-14-31-23-16-20(11-12-25(23)35-27(31)34)29-26(33)24-15-18-7-4-6-10-22(18)32(24)17-19-8-3-5-9-21(19)28/h3-12,15-16H,13-14,17H2,1-2H3,(H,29,33). The first-order valence-electron chi connectivity index (χ1n) is 11.3. The molecule has 35 heavy (non-hydrogen) atoms. The molecule has 3 aromatic carbocycles. The molecule has 2 heterocycles. The van der Waals surface area contributed by atoms with Crippen LogP contribution >= 0.6 is 0 Å². The topological polar surface area (TPSA) is 72.4 Å². The fraction of sp³-hybridized carbons (Fsp3) is 0.185. The Kier molecular flexibility index (Phi) is 5.96. The molecule has 5 rings (SSSR count). The summed E-state index contributed by atoms with van der Waals surface area (Å²) < 4.78 is 23.1. The number of hydrogen-bond donors (Lipinski definition) is 1. The van der Waals surface area contributed by atoms with E-state index in [1.54, 1.807) is 47.0 Å². The van der Waals surface area contributed by atoms with Crippen molar-refractivity contribution in [1.29, 1.82) is 0 Å². The lowest BCUT2D eigenvalue weighted by Crippen LogP contribution is -2.23. The SMILES string of the molecule is CN(C)CCn1c(=O)oc2ccc(NC(=O)c3cc4ccccc4n3Cc3ccccc3F)cc21. The van der Waals surface area contributed by atoms with Gasteiger partial charge < -0.3 is 19.2 Å². The summed E-state index contributed by atoms with van der Waals surface area (Å²) in [6.07, 6.45) is 0. The van der Waals surface area contributed by atoms with E-state index in [9.17, 15) is 14.0 Å². The van der Waals surface area contributed by atoms with Crippen molar-refractivity contribution in [3.8, 4) is 0 Å². The van der Waals surface area contributed by atoms with Gasteiger partial charge in [-0.15, -0.1) is 0 Å². The zero-order valence-electron chi connectivity index (χ0n) is 19.5. The molecule has 0 saturated carbocycles. The van der Waals surface area contributed by atoms with Crippen molar-refractivity contribution in [3.63, 3.8) is 0 Å². The monoisotopic (exact) mass is 472 g/mol. The molecule has 0 fully saturated rings. The number of rotatable bonds is 7. The van der Waals surface area contributed by atoms with E-state index < -0.39 is 5.76 Å². The molecule has 0 atom stereocenters. The number of likely N-dealkylation sites (N-methyl/N-ethyl adjacent to an activating group) is 1. The number of nitrogens with zero attached hydrogens (tertiary/aromatic N) is 3. The number of para-hydroxylation sites is 1. The molecule has 0 radical (unpaired) electrons. The predicted molar refractivity (Wildman–Crippen MR) is 134 cm³/mol. The quantitative estimate of drug-likeness (QED) is 0.377. The molecule has 0 aliphatic carbocycles. The molecule has 7 nitrogen and oxygen atoms in total. The zero-order valence-corrected chi connectivity index (χ0v) is 19.5. The molecular formula is C27H25FN4O3. The van der Waals surface area contributed by atoms with Crippen LogP contribution in [0.25, 0.3) is 22.0 Å². The lowest BCUT2D eigenvalue weighted by Gasteiger charge is -2.12. The molecule has 8 heteroatoms.